The van der Waals surface area contributed by atoms with E-state index in [1.54, 1.807) is 0 Å². The van der Waals surface area contributed by atoms with Crippen molar-refractivity contribution in [2.45, 2.75) is 38.5 Å². The maximum atomic E-state index is 12.2. The summed E-state index contributed by atoms with van der Waals surface area (Å²) in [5, 5.41) is 3.43. The highest BCUT2D eigenvalue weighted by atomic mass is 16.5. The maximum absolute atomic E-state index is 12.2. The molecule has 1 aliphatic carbocycles. The number of hydrogen-bond donors (Lipinski definition) is 0. The van der Waals surface area contributed by atoms with Crippen LogP contribution in [0.1, 0.15) is 38.5 Å². The maximum Gasteiger partial charge on any atom is 0.319 e. The number of nitrogens with zero attached hydrogens (tertiary/aromatic N) is 3. The van der Waals surface area contributed by atoms with E-state index in [1.807, 2.05) is 0 Å². The molecular formula is C13H19N3O3. The molecule has 0 saturated heterocycles. The molecule has 0 unspecified atom stereocenters. The summed E-state index contributed by atoms with van der Waals surface area (Å²) in [5.41, 5.74) is 7.20. The van der Waals surface area contributed by atoms with Gasteiger partial charge in [0.25, 0.3) is 0 Å². The van der Waals surface area contributed by atoms with Gasteiger partial charge in [-0.05, 0) is 31.2 Å². The Morgan fingerprint density at radius 3 is 3.00 bits per heavy atom. The van der Waals surface area contributed by atoms with Crippen molar-refractivity contribution in [3.63, 3.8) is 0 Å². The lowest BCUT2D eigenvalue weighted by Crippen LogP contribution is -2.43. The van der Waals surface area contributed by atoms with Gasteiger partial charge in [-0.1, -0.05) is 24.2 Å². The molecule has 0 heterocycles. The van der Waals surface area contributed by atoms with Crippen LogP contribution in [-0.2, 0) is 14.3 Å². The zero-order chi connectivity index (χ0) is 14.1. The molecule has 6 heteroatoms. The molecule has 0 amide bonds. The first kappa shape index (κ1) is 15.2. The van der Waals surface area contributed by atoms with E-state index in [4.69, 9.17) is 10.3 Å². The summed E-state index contributed by atoms with van der Waals surface area (Å²) in [6.45, 7) is 3.90. The molecule has 19 heavy (non-hydrogen) atoms. The molecule has 0 aliphatic heterocycles. The summed E-state index contributed by atoms with van der Waals surface area (Å²) in [5.74, 6) is -0.508. The Morgan fingerprint density at radius 1 is 1.58 bits per heavy atom. The number of hydrogen-bond acceptors (Lipinski definition) is 4. The van der Waals surface area contributed by atoms with Crippen LogP contribution in [0, 0.1) is 5.41 Å². The van der Waals surface area contributed by atoms with Crippen LogP contribution in [0.3, 0.4) is 0 Å². The van der Waals surface area contributed by atoms with E-state index in [9.17, 15) is 9.59 Å². The molecule has 0 radical (unpaired) electrons. The van der Waals surface area contributed by atoms with Crippen LogP contribution in [0.2, 0.25) is 0 Å². The molecule has 1 fully saturated rings. The lowest BCUT2D eigenvalue weighted by atomic mass is 9.70. The predicted octanol–water partition coefficient (Wildman–Crippen LogP) is 2.94. The number of ether oxygens (including phenoxy) is 1. The highest BCUT2D eigenvalue weighted by Gasteiger charge is 2.47. The molecule has 0 aromatic rings. The van der Waals surface area contributed by atoms with Crippen LogP contribution in [0.25, 0.3) is 10.4 Å². The number of rotatable bonds is 7. The first-order valence-electron chi connectivity index (χ1n) is 6.49. The molecule has 1 rings (SSSR count). The second-order valence-corrected chi connectivity index (χ2v) is 4.66. The van der Waals surface area contributed by atoms with Gasteiger partial charge in [-0.3, -0.25) is 9.59 Å². The fourth-order valence-corrected chi connectivity index (χ4v) is 2.44. The molecule has 6 nitrogen and oxygen atoms in total. The Bertz CT molecular complexity index is 402. The number of ketones is 1. The van der Waals surface area contributed by atoms with Gasteiger partial charge in [0.1, 0.15) is 17.8 Å². The van der Waals surface area contributed by atoms with Crippen LogP contribution in [0.4, 0.5) is 0 Å². The normalized spacial score (nSPS) is 22.4. The van der Waals surface area contributed by atoms with Crippen LogP contribution >= 0.6 is 0 Å². The Labute approximate surface area is 112 Å². The molecule has 0 aromatic carbocycles. The lowest BCUT2D eigenvalue weighted by Gasteiger charge is -2.33. The van der Waals surface area contributed by atoms with E-state index in [1.165, 1.54) is 6.08 Å². The topological polar surface area (TPSA) is 92.1 Å². The van der Waals surface area contributed by atoms with Gasteiger partial charge in [0.05, 0.1) is 0 Å². The number of carbonyl (C=O) groups excluding carboxylic acids is 2. The van der Waals surface area contributed by atoms with Crippen molar-refractivity contribution in [2.24, 2.45) is 10.5 Å². The van der Waals surface area contributed by atoms with Gasteiger partial charge in [0, 0.05) is 17.9 Å². The average molecular weight is 265 g/mol. The molecule has 1 atom stereocenters. The van der Waals surface area contributed by atoms with Gasteiger partial charge in [-0.2, -0.15) is 0 Å². The average Bonchev–Trinajstić information content (AvgIpc) is 2.43. The third kappa shape index (κ3) is 3.83. The van der Waals surface area contributed by atoms with Crippen LogP contribution < -0.4 is 0 Å². The lowest BCUT2D eigenvalue weighted by molar-refractivity contribution is -0.162. The van der Waals surface area contributed by atoms with Gasteiger partial charge >= 0.3 is 5.97 Å². The van der Waals surface area contributed by atoms with E-state index in [2.05, 4.69) is 16.6 Å². The molecular weight excluding hydrogens is 246 g/mol. The minimum atomic E-state index is -1.04. The van der Waals surface area contributed by atoms with Gasteiger partial charge in [-0.25, -0.2) is 0 Å². The smallest absolute Gasteiger partial charge is 0.319 e. The Hall–Kier alpha value is -1.81. The summed E-state index contributed by atoms with van der Waals surface area (Å²) < 4.78 is 5.08. The first-order chi connectivity index (χ1) is 9.17. The molecule has 1 aliphatic rings. The van der Waals surface area contributed by atoms with Crippen molar-refractivity contribution in [2.75, 3.05) is 13.2 Å². The standard InChI is InChI=1S/C13H19N3O3/c1-2-10-19-12(18)13(8-5-9-15-16-14)7-4-3-6-11(13)17/h2H,1,3-10H2/t13-/m0/s1. The second-order valence-electron chi connectivity index (χ2n) is 4.66. The number of carbonyl (C=O) groups is 2. The van der Waals surface area contributed by atoms with Gasteiger partial charge in [0.2, 0.25) is 0 Å². The monoisotopic (exact) mass is 265 g/mol. The Kier molecular flexibility index (Phi) is 6.09. The van der Waals surface area contributed by atoms with Gasteiger partial charge in [-0.15, -0.1) is 0 Å². The fraction of sp³-hybridized carbons (Fsp3) is 0.692. The van der Waals surface area contributed by atoms with Crippen LogP contribution in [-0.4, -0.2) is 24.9 Å². The first-order valence-corrected chi connectivity index (χ1v) is 6.49. The molecule has 1 saturated carbocycles. The Morgan fingerprint density at radius 2 is 2.37 bits per heavy atom. The van der Waals surface area contributed by atoms with Crippen molar-refractivity contribution in [1.82, 2.24) is 0 Å². The molecule has 0 aromatic heterocycles. The second kappa shape index (κ2) is 7.59. The SMILES string of the molecule is C=CCOC(=O)[C@]1(CCCN=[N+]=[N-])CCCCC1=O. The number of esters is 1. The quantitative estimate of drug-likeness (QED) is 0.135. The Balaban J connectivity index is 2.76. The van der Waals surface area contributed by atoms with E-state index in [-0.39, 0.29) is 12.4 Å². The molecule has 104 valence electrons. The van der Waals surface area contributed by atoms with Crippen molar-refractivity contribution >= 4 is 11.8 Å². The highest BCUT2D eigenvalue weighted by molar-refractivity contribution is 6.04. The van der Waals surface area contributed by atoms with Crippen molar-refractivity contribution in [3.8, 4) is 0 Å². The third-order valence-corrected chi connectivity index (χ3v) is 3.44. The van der Waals surface area contributed by atoms with Crippen molar-refractivity contribution < 1.29 is 14.3 Å². The minimum Gasteiger partial charge on any atom is -0.461 e. The van der Waals surface area contributed by atoms with Gasteiger partial charge in [0.15, 0.2) is 0 Å². The third-order valence-electron chi connectivity index (χ3n) is 3.44. The minimum absolute atomic E-state index is 0.0475. The van der Waals surface area contributed by atoms with E-state index >= 15 is 0 Å². The van der Waals surface area contributed by atoms with Crippen molar-refractivity contribution in [3.05, 3.63) is 23.1 Å². The molecule has 0 N–H and O–H groups in total. The number of azide groups is 1. The van der Waals surface area contributed by atoms with Crippen molar-refractivity contribution in [1.29, 1.82) is 0 Å². The highest BCUT2D eigenvalue weighted by Crippen LogP contribution is 2.38. The molecule has 0 spiro atoms. The van der Waals surface area contributed by atoms with Crippen LogP contribution in [0.5, 0.6) is 0 Å². The number of Topliss-reactive ketones (excluding diaryl/α,β-unsaturated/α-hetero) is 1. The summed E-state index contributed by atoms with van der Waals surface area (Å²) in [6, 6.07) is 0. The predicted molar refractivity (Wildman–Crippen MR) is 70.3 cm³/mol. The summed E-state index contributed by atoms with van der Waals surface area (Å²) in [6.07, 6.45) is 5.00. The van der Waals surface area contributed by atoms with E-state index in [0.717, 1.165) is 12.8 Å². The zero-order valence-corrected chi connectivity index (χ0v) is 11.0. The molecule has 0 bridgehead atoms. The summed E-state index contributed by atoms with van der Waals surface area (Å²) >= 11 is 0. The van der Waals surface area contributed by atoms with Crippen LogP contribution in [0.15, 0.2) is 17.8 Å². The summed E-state index contributed by atoms with van der Waals surface area (Å²) in [7, 11) is 0. The zero-order valence-electron chi connectivity index (χ0n) is 11.0. The van der Waals surface area contributed by atoms with E-state index < -0.39 is 11.4 Å². The van der Waals surface area contributed by atoms with E-state index in [0.29, 0.717) is 32.2 Å². The fourth-order valence-electron chi connectivity index (χ4n) is 2.44. The summed E-state index contributed by atoms with van der Waals surface area (Å²) in [4.78, 5) is 27.0. The van der Waals surface area contributed by atoms with Gasteiger partial charge < -0.3 is 4.74 Å². The largest absolute Gasteiger partial charge is 0.461 e.